The Morgan fingerprint density at radius 3 is 3.00 bits per heavy atom. The molecule has 0 aliphatic carbocycles. The summed E-state index contributed by atoms with van der Waals surface area (Å²) in [6.45, 7) is 2.60. The third-order valence-electron chi connectivity index (χ3n) is 4.29. The van der Waals surface area contributed by atoms with Crippen molar-refractivity contribution in [1.29, 1.82) is 0 Å². The predicted octanol–water partition coefficient (Wildman–Crippen LogP) is 3.06. The molecule has 6 nitrogen and oxygen atoms in total. The van der Waals surface area contributed by atoms with E-state index in [0.717, 1.165) is 24.1 Å². The van der Waals surface area contributed by atoms with E-state index in [1.165, 1.54) is 0 Å². The number of pyridine rings is 1. The van der Waals surface area contributed by atoms with Crippen LogP contribution >= 0.6 is 11.6 Å². The van der Waals surface area contributed by atoms with Crippen molar-refractivity contribution in [2.45, 2.75) is 25.8 Å². The highest BCUT2D eigenvalue weighted by Crippen LogP contribution is 2.33. The third kappa shape index (κ3) is 2.43. The Balaban J connectivity index is 1.72. The molecule has 0 saturated carbocycles. The summed E-state index contributed by atoms with van der Waals surface area (Å²) in [6, 6.07) is 5.73. The average molecular weight is 342 g/mol. The van der Waals surface area contributed by atoms with Gasteiger partial charge in [0.1, 0.15) is 5.02 Å². The molecule has 3 aromatic heterocycles. The number of fused-ring (bicyclic) bond motifs is 1. The van der Waals surface area contributed by atoms with Crippen LogP contribution in [-0.4, -0.2) is 36.9 Å². The highest BCUT2D eigenvalue weighted by Gasteiger charge is 2.34. The number of rotatable bonds is 2. The van der Waals surface area contributed by atoms with Gasteiger partial charge >= 0.3 is 0 Å². The lowest BCUT2D eigenvalue weighted by Gasteiger charge is -2.23. The maximum atomic E-state index is 13.0. The molecule has 1 saturated heterocycles. The van der Waals surface area contributed by atoms with Crippen LogP contribution in [0.2, 0.25) is 5.02 Å². The molecule has 1 aliphatic heterocycles. The molecule has 3 aromatic rings. The first-order chi connectivity index (χ1) is 11.6. The first kappa shape index (κ1) is 15.1. The normalized spacial score (nSPS) is 17.6. The first-order valence-corrected chi connectivity index (χ1v) is 8.25. The number of amides is 1. The van der Waals surface area contributed by atoms with Crippen molar-refractivity contribution in [2.75, 3.05) is 6.54 Å². The molecule has 4 heterocycles. The maximum absolute atomic E-state index is 13.0. The van der Waals surface area contributed by atoms with E-state index in [4.69, 9.17) is 11.6 Å². The molecule has 0 N–H and O–H groups in total. The molecule has 0 bridgehead atoms. The zero-order valence-electron chi connectivity index (χ0n) is 13.2. The van der Waals surface area contributed by atoms with Gasteiger partial charge in [-0.25, -0.2) is 9.50 Å². The van der Waals surface area contributed by atoms with Gasteiger partial charge in [0, 0.05) is 25.1 Å². The summed E-state index contributed by atoms with van der Waals surface area (Å²) in [4.78, 5) is 23.5. The van der Waals surface area contributed by atoms with Crippen LogP contribution < -0.4 is 0 Å². The quantitative estimate of drug-likeness (QED) is 0.718. The number of aromatic nitrogens is 4. The zero-order chi connectivity index (χ0) is 16.7. The van der Waals surface area contributed by atoms with Crippen molar-refractivity contribution >= 4 is 23.2 Å². The SMILES string of the molecule is Cc1cnc2c(Cl)c(C(=O)N3CCCC3c3ccccn3)nn2c1. The minimum absolute atomic E-state index is 0.0331. The summed E-state index contributed by atoms with van der Waals surface area (Å²) >= 11 is 6.37. The fourth-order valence-corrected chi connectivity index (χ4v) is 3.42. The smallest absolute Gasteiger partial charge is 0.276 e. The summed E-state index contributed by atoms with van der Waals surface area (Å²) in [7, 11) is 0. The second kappa shape index (κ2) is 5.87. The summed E-state index contributed by atoms with van der Waals surface area (Å²) in [5.74, 6) is -0.170. The summed E-state index contributed by atoms with van der Waals surface area (Å²) in [5, 5.41) is 4.65. The summed E-state index contributed by atoms with van der Waals surface area (Å²) in [6.07, 6.45) is 7.11. The van der Waals surface area contributed by atoms with Crippen LogP contribution in [0.1, 0.15) is 40.6 Å². The van der Waals surface area contributed by atoms with E-state index in [9.17, 15) is 4.79 Å². The topological polar surface area (TPSA) is 63.4 Å². The van der Waals surface area contributed by atoms with Gasteiger partial charge in [0.2, 0.25) is 0 Å². The molecule has 4 rings (SSSR count). The summed E-state index contributed by atoms with van der Waals surface area (Å²) < 4.78 is 1.57. The van der Waals surface area contributed by atoms with Crippen molar-refractivity contribution in [3.05, 3.63) is 58.8 Å². The molecular formula is C17H16ClN5O. The van der Waals surface area contributed by atoms with E-state index in [0.29, 0.717) is 17.2 Å². The van der Waals surface area contributed by atoms with Crippen LogP contribution in [-0.2, 0) is 0 Å². The standard InChI is InChI=1S/C17H16ClN5O/c1-11-9-20-16-14(18)15(21-23(16)10-11)17(24)22-8-4-6-13(22)12-5-2-3-7-19-12/h2-3,5,7,9-10,13H,4,6,8H2,1H3. The molecule has 1 fully saturated rings. The molecule has 0 spiro atoms. The van der Waals surface area contributed by atoms with Gasteiger partial charge in [0.15, 0.2) is 11.3 Å². The van der Waals surface area contributed by atoms with Crippen LogP contribution in [0.25, 0.3) is 5.65 Å². The van der Waals surface area contributed by atoms with Crippen LogP contribution in [0.5, 0.6) is 0 Å². The third-order valence-corrected chi connectivity index (χ3v) is 4.64. The Morgan fingerprint density at radius 2 is 2.21 bits per heavy atom. The second-order valence-corrected chi connectivity index (χ2v) is 6.35. The van der Waals surface area contributed by atoms with Gasteiger partial charge in [0.05, 0.1) is 11.7 Å². The molecule has 1 unspecified atom stereocenters. The van der Waals surface area contributed by atoms with Crippen molar-refractivity contribution in [2.24, 2.45) is 0 Å². The lowest BCUT2D eigenvalue weighted by Crippen LogP contribution is -2.31. The number of likely N-dealkylation sites (tertiary alicyclic amines) is 1. The van der Waals surface area contributed by atoms with Gasteiger partial charge in [0.25, 0.3) is 5.91 Å². The van der Waals surface area contributed by atoms with Crippen LogP contribution in [0.3, 0.4) is 0 Å². The van der Waals surface area contributed by atoms with Gasteiger partial charge in [-0.2, -0.15) is 5.10 Å². The van der Waals surface area contributed by atoms with Gasteiger partial charge in [-0.15, -0.1) is 0 Å². The van der Waals surface area contributed by atoms with E-state index in [-0.39, 0.29) is 17.6 Å². The number of carbonyl (C=O) groups excluding carboxylic acids is 1. The van der Waals surface area contributed by atoms with Crippen LogP contribution in [0, 0.1) is 6.92 Å². The van der Waals surface area contributed by atoms with E-state index >= 15 is 0 Å². The highest BCUT2D eigenvalue weighted by molar-refractivity contribution is 6.36. The Morgan fingerprint density at radius 1 is 1.33 bits per heavy atom. The largest absolute Gasteiger partial charge is 0.329 e. The van der Waals surface area contributed by atoms with Gasteiger partial charge in [-0.05, 0) is 37.5 Å². The first-order valence-electron chi connectivity index (χ1n) is 7.87. The number of hydrogen-bond donors (Lipinski definition) is 0. The van der Waals surface area contributed by atoms with Crippen molar-refractivity contribution in [3.8, 4) is 0 Å². The molecule has 0 aromatic carbocycles. The Labute approximate surface area is 144 Å². The molecule has 24 heavy (non-hydrogen) atoms. The Kier molecular flexibility index (Phi) is 3.69. The number of aryl methyl sites for hydroxylation is 1. The lowest BCUT2D eigenvalue weighted by molar-refractivity contribution is 0.0726. The van der Waals surface area contributed by atoms with Gasteiger partial charge < -0.3 is 4.90 Å². The molecule has 1 aliphatic rings. The number of carbonyl (C=O) groups is 1. The summed E-state index contributed by atoms with van der Waals surface area (Å²) in [5.41, 5.74) is 2.60. The number of halogens is 1. The fraction of sp³-hybridized carbons (Fsp3) is 0.294. The molecule has 7 heteroatoms. The van der Waals surface area contributed by atoms with Gasteiger partial charge in [-0.1, -0.05) is 17.7 Å². The zero-order valence-corrected chi connectivity index (χ0v) is 13.9. The Hall–Kier alpha value is -2.47. The number of nitrogens with zero attached hydrogens (tertiary/aromatic N) is 5. The monoisotopic (exact) mass is 341 g/mol. The minimum atomic E-state index is -0.170. The molecule has 0 radical (unpaired) electrons. The van der Waals surface area contributed by atoms with Crippen molar-refractivity contribution < 1.29 is 4.79 Å². The average Bonchev–Trinajstić information content (AvgIpc) is 3.20. The van der Waals surface area contributed by atoms with E-state index in [1.807, 2.05) is 36.2 Å². The van der Waals surface area contributed by atoms with Crippen LogP contribution in [0.15, 0.2) is 36.8 Å². The number of hydrogen-bond acceptors (Lipinski definition) is 4. The van der Waals surface area contributed by atoms with E-state index in [2.05, 4.69) is 15.1 Å². The molecule has 122 valence electrons. The minimum Gasteiger partial charge on any atom is -0.329 e. The maximum Gasteiger partial charge on any atom is 0.276 e. The fourth-order valence-electron chi connectivity index (χ4n) is 3.16. The molecule has 1 amide bonds. The van der Waals surface area contributed by atoms with E-state index in [1.54, 1.807) is 16.9 Å². The van der Waals surface area contributed by atoms with Gasteiger partial charge in [-0.3, -0.25) is 9.78 Å². The van der Waals surface area contributed by atoms with Crippen molar-refractivity contribution in [1.82, 2.24) is 24.5 Å². The molecular weight excluding hydrogens is 326 g/mol. The van der Waals surface area contributed by atoms with E-state index < -0.39 is 0 Å². The lowest BCUT2D eigenvalue weighted by atomic mass is 10.1. The highest BCUT2D eigenvalue weighted by atomic mass is 35.5. The Bertz CT molecular complexity index is 908. The molecule has 1 atom stereocenters. The van der Waals surface area contributed by atoms with Crippen molar-refractivity contribution in [3.63, 3.8) is 0 Å². The predicted molar refractivity (Wildman–Crippen MR) is 90.0 cm³/mol. The second-order valence-electron chi connectivity index (χ2n) is 5.97. The van der Waals surface area contributed by atoms with Crippen LogP contribution in [0.4, 0.5) is 0 Å².